The zero-order chi connectivity index (χ0) is 11.1. The Kier molecular flexibility index (Phi) is 6.49. The summed E-state index contributed by atoms with van der Waals surface area (Å²) < 4.78 is 5.08. The normalized spacial score (nSPS) is 13.0. The van der Waals surface area contributed by atoms with Crippen molar-refractivity contribution in [3.63, 3.8) is 0 Å². The summed E-state index contributed by atoms with van der Waals surface area (Å²) in [7, 11) is 1.80. The van der Waals surface area contributed by atoms with Gasteiger partial charge in [-0.15, -0.1) is 0 Å². The van der Waals surface area contributed by atoms with Gasteiger partial charge in [0.15, 0.2) is 0 Å². The Hall–Kier alpha value is -0.610. The summed E-state index contributed by atoms with van der Waals surface area (Å²) in [5, 5.41) is 0. The van der Waals surface area contributed by atoms with Gasteiger partial charge in [-0.2, -0.15) is 0 Å². The third kappa shape index (κ3) is 4.58. The molecule has 0 spiro atoms. The predicted molar refractivity (Wildman–Crippen MR) is 56.9 cm³/mol. The SMILES string of the molecule is CC(C)C(C)N(C)C(=O)COCCN. The van der Waals surface area contributed by atoms with Gasteiger partial charge in [-0.1, -0.05) is 13.8 Å². The summed E-state index contributed by atoms with van der Waals surface area (Å²) in [5.74, 6) is 0.470. The lowest BCUT2D eigenvalue weighted by Gasteiger charge is -2.27. The minimum Gasteiger partial charge on any atom is -0.370 e. The quantitative estimate of drug-likeness (QED) is 0.637. The highest BCUT2D eigenvalue weighted by molar-refractivity contribution is 5.77. The summed E-state index contributed by atoms with van der Waals surface area (Å²) in [5.41, 5.74) is 5.25. The molecule has 1 unspecified atom stereocenters. The first-order valence-electron chi connectivity index (χ1n) is 5.04. The number of carbonyl (C=O) groups is 1. The maximum atomic E-state index is 11.5. The van der Waals surface area contributed by atoms with Gasteiger partial charge in [0.05, 0.1) is 6.61 Å². The molecule has 0 aliphatic rings. The monoisotopic (exact) mass is 202 g/mol. The third-order valence-electron chi connectivity index (χ3n) is 2.46. The number of likely N-dealkylation sites (N-methyl/N-ethyl adjacent to an activating group) is 1. The lowest BCUT2D eigenvalue weighted by atomic mass is 10.1. The molecular formula is C10H22N2O2. The van der Waals surface area contributed by atoms with Crippen molar-refractivity contribution in [3.05, 3.63) is 0 Å². The third-order valence-corrected chi connectivity index (χ3v) is 2.46. The highest BCUT2D eigenvalue weighted by Gasteiger charge is 2.17. The van der Waals surface area contributed by atoms with Crippen LogP contribution in [-0.4, -0.2) is 43.7 Å². The van der Waals surface area contributed by atoms with Gasteiger partial charge in [0.1, 0.15) is 6.61 Å². The first-order valence-corrected chi connectivity index (χ1v) is 5.04. The molecule has 4 nitrogen and oxygen atoms in total. The van der Waals surface area contributed by atoms with Crippen molar-refractivity contribution >= 4 is 5.91 Å². The Labute approximate surface area is 86.4 Å². The molecule has 0 aromatic rings. The molecule has 0 saturated heterocycles. The number of carbonyl (C=O) groups excluding carboxylic acids is 1. The van der Waals surface area contributed by atoms with Crippen LogP contribution in [0.15, 0.2) is 0 Å². The van der Waals surface area contributed by atoms with Crippen molar-refractivity contribution < 1.29 is 9.53 Å². The van der Waals surface area contributed by atoms with Gasteiger partial charge < -0.3 is 15.4 Å². The Bertz CT molecular complexity index is 172. The van der Waals surface area contributed by atoms with E-state index in [0.29, 0.717) is 19.1 Å². The molecule has 0 aromatic carbocycles. The summed E-state index contributed by atoms with van der Waals surface area (Å²) in [6, 6.07) is 0.240. The second-order valence-corrected chi connectivity index (χ2v) is 3.83. The summed E-state index contributed by atoms with van der Waals surface area (Å²) >= 11 is 0. The molecule has 0 radical (unpaired) electrons. The van der Waals surface area contributed by atoms with Crippen molar-refractivity contribution in [2.75, 3.05) is 26.8 Å². The smallest absolute Gasteiger partial charge is 0.248 e. The number of hydrogen-bond donors (Lipinski definition) is 1. The molecule has 0 aromatic heterocycles. The zero-order valence-electron chi connectivity index (χ0n) is 9.62. The first-order chi connectivity index (χ1) is 6.50. The van der Waals surface area contributed by atoms with E-state index in [0.717, 1.165) is 0 Å². The van der Waals surface area contributed by atoms with Gasteiger partial charge in [-0.3, -0.25) is 4.79 Å². The molecule has 14 heavy (non-hydrogen) atoms. The molecule has 2 N–H and O–H groups in total. The molecule has 0 heterocycles. The minimum absolute atomic E-state index is 0.0136. The van der Waals surface area contributed by atoms with E-state index in [1.54, 1.807) is 11.9 Å². The van der Waals surface area contributed by atoms with E-state index < -0.39 is 0 Å². The molecule has 0 aliphatic heterocycles. The molecule has 0 saturated carbocycles. The molecule has 1 amide bonds. The first kappa shape index (κ1) is 13.4. The maximum Gasteiger partial charge on any atom is 0.248 e. The van der Waals surface area contributed by atoms with Gasteiger partial charge in [-0.05, 0) is 12.8 Å². The van der Waals surface area contributed by atoms with Crippen LogP contribution in [0, 0.1) is 5.92 Å². The number of nitrogens with zero attached hydrogens (tertiary/aromatic N) is 1. The van der Waals surface area contributed by atoms with Crippen LogP contribution in [0.2, 0.25) is 0 Å². The van der Waals surface area contributed by atoms with E-state index in [9.17, 15) is 4.79 Å². The van der Waals surface area contributed by atoms with Gasteiger partial charge >= 0.3 is 0 Å². The fraction of sp³-hybridized carbons (Fsp3) is 0.900. The van der Waals surface area contributed by atoms with Crippen molar-refractivity contribution in [2.45, 2.75) is 26.8 Å². The van der Waals surface area contributed by atoms with Crippen LogP contribution >= 0.6 is 0 Å². The number of amides is 1. The van der Waals surface area contributed by atoms with E-state index >= 15 is 0 Å². The van der Waals surface area contributed by atoms with Crippen LogP contribution < -0.4 is 5.73 Å². The largest absolute Gasteiger partial charge is 0.370 e. The average Bonchev–Trinajstić information content (AvgIpc) is 2.15. The number of nitrogens with two attached hydrogens (primary N) is 1. The Morgan fingerprint density at radius 1 is 1.43 bits per heavy atom. The molecule has 1 atom stereocenters. The fourth-order valence-corrected chi connectivity index (χ4v) is 1.02. The predicted octanol–water partition coefficient (Wildman–Crippen LogP) is 0.465. The Morgan fingerprint density at radius 2 is 2.00 bits per heavy atom. The standard InChI is InChI=1S/C10H22N2O2/c1-8(2)9(3)12(4)10(13)7-14-6-5-11/h8-9H,5-7,11H2,1-4H3. The number of rotatable bonds is 6. The average molecular weight is 202 g/mol. The second kappa shape index (κ2) is 6.79. The molecule has 4 heteroatoms. The highest BCUT2D eigenvalue weighted by atomic mass is 16.5. The lowest BCUT2D eigenvalue weighted by molar-refractivity contribution is -0.137. The Morgan fingerprint density at radius 3 is 2.43 bits per heavy atom. The van der Waals surface area contributed by atoms with Crippen molar-refractivity contribution in [3.8, 4) is 0 Å². The Balaban J connectivity index is 3.86. The van der Waals surface area contributed by atoms with Crippen molar-refractivity contribution in [2.24, 2.45) is 11.7 Å². The molecular weight excluding hydrogens is 180 g/mol. The topological polar surface area (TPSA) is 55.6 Å². The van der Waals surface area contributed by atoms with Crippen LogP contribution in [0.25, 0.3) is 0 Å². The van der Waals surface area contributed by atoms with Crippen LogP contribution in [0.5, 0.6) is 0 Å². The molecule has 0 fully saturated rings. The van der Waals surface area contributed by atoms with Crippen molar-refractivity contribution in [1.29, 1.82) is 0 Å². The van der Waals surface area contributed by atoms with E-state index in [1.165, 1.54) is 0 Å². The molecule has 0 rings (SSSR count). The second-order valence-electron chi connectivity index (χ2n) is 3.83. The molecule has 84 valence electrons. The van der Waals surface area contributed by atoms with E-state index in [1.807, 2.05) is 6.92 Å². The minimum atomic E-state index is 0.0136. The van der Waals surface area contributed by atoms with Crippen LogP contribution in [0.3, 0.4) is 0 Å². The van der Waals surface area contributed by atoms with E-state index in [2.05, 4.69) is 13.8 Å². The zero-order valence-corrected chi connectivity index (χ0v) is 9.62. The number of ether oxygens (including phenoxy) is 1. The van der Waals surface area contributed by atoms with Crippen LogP contribution in [-0.2, 0) is 9.53 Å². The molecule has 0 aliphatic carbocycles. The lowest BCUT2D eigenvalue weighted by Crippen LogP contribution is -2.40. The maximum absolute atomic E-state index is 11.5. The fourth-order valence-electron chi connectivity index (χ4n) is 1.02. The van der Waals surface area contributed by atoms with Crippen LogP contribution in [0.4, 0.5) is 0 Å². The summed E-state index contributed by atoms with van der Waals surface area (Å²) in [4.78, 5) is 13.2. The van der Waals surface area contributed by atoms with E-state index in [4.69, 9.17) is 10.5 Å². The molecule has 0 bridgehead atoms. The van der Waals surface area contributed by atoms with E-state index in [-0.39, 0.29) is 18.6 Å². The van der Waals surface area contributed by atoms with Crippen LogP contribution in [0.1, 0.15) is 20.8 Å². The van der Waals surface area contributed by atoms with Crippen molar-refractivity contribution in [1.82, 2.24) is 4.90 Å². The number of hydrogen-bond acceptors (Lipinski definition) is 3. The van der Waals surface area contributed by atoms with Gasteiger partial charge in [-0.25, -0.2) is 0 Å². The summed E-state index contributed by atoms with van der Waals surface area (Å²) in [6.07, 6.45) is 0. The summed E-state index contributed by atoms with van der Waals surface area (Å²) in [6.45, 7) is 7.24. The highest BCUT2D eigenvalue weighted by Crippen LogP contribution is 2.07. The van der Waals surface area contributed by atoms with Gasteiger partial charge in [0.2, 0.25) is 5.91 Å². The van der Waals surface area contributed by atoms with Gasteiger partial charge in [0.25, 0.3) is 0 Å². The van der Waals surface area contributed by atoms with Gasteiger partial charge in [0, 0.05) is 19.6 Å².